The van der Waals surface area contributed by atoms with Crippen molar-refractivity contribution in [2.24, 2.45) is 0 Å². The van der Waals surface area contributed by atoms with Crippen molar-refractivity contribution >= 4 is 17.8 Å². The molecule has 0 fully saturated rings. The first kappa shape index (κ1) is 20.6. The van der Waals surface area contributed by atoms with Gasteiger partial charge in [-0.3, -0.25) is 0 Å². The fourth-order valence-corrected chi connectivity index (χ4v) is 7.21. The van der Waals surface area contributed by atoms with Crippen molar-refractivity contribution in [2.75, 3.05) is 19.6 Å². The van der Waals surface area contributed by atoms with Crippen molar-refractivity contribution < 1.29 is 4.57 Å². The van der Waals surface area contributed by atoms with Crippen LogP contribution < -0.4 is 10.6 Å². The summed E-state index contributed by atoms with van der Waals surface area (Å²) in [6, 6.07) is 30.5. The van der Waals surface area contributed by atoms with E-state index in [1.165, 1.54) is 0 Å². The summed E-state index contributed by atoms with van der Waals surface area (Å²) in [5.74, 6) is 0. The van der Waals surface area contributed by atoms with Gasteiger partial charge in [0.15, 0.2) is 0 Å². The normalized spacial score (nSPS) is 12.8. The second kappa shape index (κ2) is 9.87. The zero-order valence-electron chi connectivity index (χ0n) is 16.9. The Hall–Kier alpha value is -2.15. The van der Waals surface area contributed by atoms with Crippen LogP contribution in [0, 0.1) is 0 Å². The first-order chi connectivity index (χ1) is 13.7. The summed E-state index contributed by atoms with van der Waals surface area (Å²) in [5, 5.41) is 1.88. The molecule has 0 amide bonds. The highest BCUT2D eigenvalue weighted by Crippen LogP contribution is 2.58. The number of hydrogen-bond acceptors (Lipinski definition) is 2. The van der Waals surface area contributed by atoms with Crippen LogP contribution in [-0.4, -0.2) is 24.5 Å². The predicted molar refractivity (Wildman–Crippen MR) is 121 cm³/mol. The lowest BCUT2D eigenvalue weighted by atomic mass is 10.1. The van der Waals surface area contributed by atoms with Gasteiger partial charge in [0, 0.05) is 16.3 Å². The number of nitrogens with zero attached hydrogens (tertiary/aromatic N) is 1. The first-order valence-corrected chi connectivity index (χ1v) is 12.0. The van der Waals surface area contributed by atoms with Crippen LogP contribution in [0.25, 0.3) is 0 Å². The maximum absolute atomic E-state index is 14.9. The van der Waals surface area contributed by atoms with Crippen LogP contribution in [0.5, 0.6) is 0 Å². The molecular formula is C25H30NOP. The van der Waals surface area contributed by atoms with Gasteiger partial charge in [0.2, 0.25) is 0 Å². The molecule has 0 spiro atoms. The molecule has 0 aromatic heterocycles. The van der Waals surface area contributed by atoms with Crippen molar-refractivity contribution in [2.45, 2.75) is 25.9 Å². The van der Waals surface area contributed by atoms with Crippen LogP contribution in [0.1, 0.15) is 31.5 Å². The van der Waals surface area contributed by atoms with Crippen molar-refractivity contribution in [1.82, 2.24) is 4.90 Å². The summed E-state index contributed by atoms with van der Waals surface area (Å²) in [6.07, 6.45) is 0.868. The van der Waals surface area contributed by atoms with E-state index >= 15 is 0 Å². The highest BCUT2D eigenvalue weighted by Gasteiger charge is 2.37. The third-order valence-corrected chi connectivity index (χ3v) is 9.08. The molecule has 146 valence electrons. The second-order valence-corrected chi connectivity index (χ2v) is 10.0. The smallest absolute Gasteiger partial charge is 0.150 e. The van der Waals surface area contributed by atoms with E-state index in [1.54, 1.807) is 0 Å². The lowest BCUT2D eigenvalue weighted by Gasteiger charge is -2.31. The molecule has 0 bridgehead atoms. The van der Waals surface area contributed by atoms with E-state index in [1.807, 2.05) is 66.7 Å². The monoisotopic (exact) mass is 391 g/mol. The van der Waals surface area contributed by atoms with Gasteiger partial charge in [-0.15, -0.1) is 0 Å². The number of hydrogen-bond donors (Lipinski definition) is 0. The van der Waals surface area contributed by atoms with Gasteiger partial charge >= 0.3 is 0 Å². The fraction of sp³-hybridized carbons (Fsp3) is 0.280. The topological polar surface area (TPSA) is 20.3 Å². The van der Waals surface area contributed by atoms with E-state index in [2.05, 4.69) is 43.0 Å². The Labute approximate surface area is 169 Å². The number of rotatable bonds is 9. The van der Waals surface area contributed by atoms with Gasteiger partial charge in [0.1, 0.15) is 7.14 Å². The average Bonchev–Trinajstić information content (AvgIpc) is 2.78. The summed E-state index contributed by atoms with van der Waals surface area (Å²) in [7, 11) is -2.86. The fourth-order valence-electron chi connectivity index (χ4n) is 3.89. The van der Waals surface area contributed by atoms with Crippen molar-refractivity contribution in [1.29, 1.82) is 0 Å². The minimum absolute atomic E-state index is 0.0425. The quantitative estimate of drug-likeness (QED) is 0.451. The Balaban J connectivity index is 2.13. The molecule has 1 atom stereocenters. The Morgan fingerprint density at radius 2 is 1.14 bits per heavy atom. The Morgan fingerprint density at radius 3 is 1.57 bits per heavy atom. The van der Waals surface area contributed by atoms with Gasteiger partial charge < -0.3 is 9.46 Å². The minimum atomic E-state index is -2.86. The van der Waals surface area contributed by atoms with Gasteiger partial charge in [0.05, 0.1) is 0 Å². The molecule has 3 aromatic carbocycles. The lowest BCUT2D eigenvalue weighted by Crippen LogP contribution is -2.28. The van der Waals surface area contributed by atoms with Crippen LogP contribution in [0.4, 0.5) is 0 Å². The Kier molecular flexibility index (Phi) is 7.25. The molecule has 0 aliphatic rings. The van der Waals surface area contributed by atoms with Crippen LogP contribution >= 0.6 is 7.14 Å². The molecule has 2 nitrogen and oxygen atoms in total. The largest absolute Gasteiger partial charge is 0.313 e. The maximum Gasteiger partial charge on any atom is 0.150 e. The predicted octanol–water partition coefficient (Wildman–Crippen LogP) is 5.47. The second-order valence-electron chi connectivity index (χ2n) is 7.07. The molecule has 1 unspecified atom stereocenters. The highest BCUT2D eigenvalue weighted by molar-refractivity contribution is 7.79. The van der Waals surface area contributed by atoms with E-state index in [0.29, 0.717) is 0 Å². The molecule has 0 aliphatic carbocycles. The number of benzene rings is 3. The lowest BCUT2D eigenvalue weighted by molar-refractivity contribution is 0.298. The van der Waals surface area contributed by atoms with Crippen LogP contribution in [0.2, 0.25) is 0 Å². The van der Waals surface area contributed by atoms with Gasteiger partial charge in [-0.1, -0.05) is 105 Å². The summed E-state index contributed by atoms with van der Waals surface area (Å²) in [6.45, 7) is 7.35. The zero-order valence-corrected chi connectivity index (χ0v) is 17.8. The molecule has 0 saturated carbocycles. The van der Waals surface area contributed by atoms with Gasteiger partial charge in [-0.05, 0) is 31.6 Å². The summed E-state index contributed by atoms with van der Waals surface area (Å²) >= 11 is 0. The molecule has 0 radical (unpaired) electrons. The Bertz CT molecular complexity index is 833. The molecule has 3 rings (SSSR count). The molecule has 0 aliphatic heterocycles. The first-order valence-electron chi connectivity index (χ1n) is 10.2. The SMILES string of the molecule is CCN(CC)CCC(c1ccccc1)P(=O)(c1ccccc1)c1ccccc1. The van der Waals surface area contributed by atoms with Gasteiger partial charge in [-0.2, -0.15) is 0 Å². The molecule has 3 aromatic rings. The van der Waals surface area contributed by atoms with Gasteiger partial charge in [-0.25, -0.2) is 0 Å². The van der Waals surface area contributed by atoms with Crippen molar-refractivity contribution in [3.63, 3.8) is 0 Å². The van der Waals surface area contributed by atoms with E-state index in [4.69, 9.17) is 0 Å². The molecule has 0 N–H and O–H groups in total. The standard InChI is InChI=1S/C25H30NOP/c1-3-26(4-2)21-20-25(22-14-8-5-9-15-22)28(27,23-16-10-6-11-17-23)24-18-12-7-13-19-24/h5-19,25H,3-4,20-21H2,1-2H3. The Morgan fingerprint density at radius 1 is 0.714 bits per heavy atom. The molecule has 0 heterocycles. The average molecular weight is 391 g/mol. The van der Waals surface area contributed by atoms with Crippen molar-refractivity contribution in [3.05, 3.63) is 96.6 Å². The summed E-state index contributed by atoms with van der Waals surface area (Å²) in [5.41, 5.74) is 1.12. The molecule has 3 heteroatoms. The van der Waals surface area contributed by atoms with Gasteiger partial charge in [0.25, 0.3) is 0 Å². The summed E-state index contributed by atoms with van der Waals surface area (Å²) < 4.78 is 14.9. The van der Waals surface area contributed by atoms with Crippen LogP contribution in [0.3, 0.4) is 0 Å². The third-order valence-electron chi connectivity index (χ3n) is 5.52. The van der Waals surface area contributed by atoms with Crippen molar-refractivity contribution in [3.8, 4) is 0 Å². The zero-order chi connectivity index (χ0) is 19.8. The molecular weight excluding hydrogens is 361 g/mol. The van der Waals surface area contributed by atoms with E-state index < -0.39 is 7.14 Å². The minimum Gasteiger partial charge on any atom is -0.313 e. The van der Waals surface area contributed by atoms with E-state index in [-0.39, 0.29) is 5.66 Å². The van der Waals surface area contributed by atoms with Crippen LogP contribution in [0.15, 0.2) is 91.0 Å². The van der Waals surface area contributed by atoms with Crippen LogP contribution in [-0.2, 0) is 4.57 Å². The molecule has 28 heavy (non-hydrogen) atoms. The third kappa shape index (κ3) is 4.46. The van der Waals surface area contributed by atoms with E-state index in [0.717, 1.165) is 42.2 Å². The maximum atomic E-state index is 14.9. The summed E-state index contributed by atoms with van der Waals surface area (Å²) in [4.78, 5) is 2.41. The molecule has 0 saturated heterocycles. The highest BCUT2D eigenvalue weighted by atomic mass is 31.2. The van der Waals surface area contributed by atoms with E-state index in [9.17, 15) is 4.57 Å².